The van der Waals surface area contributed by atoms with Crippen molar-refractivity contribution in [1.29, 1.82) is 0 Å². The van der Waals surface area contributed by atoms with Gasteiger partial charge in [-0.05, 0) is 35.0 Å². The molecule has 0 saturated carbocycles. The second-order valence-electron chi connectivity index (χ2n) is 4.50. The smallest absolute Gasteiger partial charge is 0.255 e. The summed E-state index contributed by atoms with van der Waals surface area (Å²) in [5, 5.41) is 7.10. The lowest BCUT2D eigenvalue weighted by atomic mass is 10.1. The first-order valence-corrected chi connectivity index (χ1v) is 7.60. The average Bonchev–Trinajstić information content (AvgIpc) is 2.91. The zero-order chi connectivity index (χ0) is 16.1. The molecule has 1 aromatic carbocycles. The molecule has 6 nitrogen and oxygen atoms in total. The molecule has 0 atom stereocenters. The molecular weight excluding hydrogens is 350 g/mol. The lowest BCUT2D eigenvalue weighted by molar-refractivity contribution is 0.0946. The van der Waals surface area contributed by atoms with E-state index in [-0.39, 0.29) is 5.91 Å². The number of hydrogen-bond donors (Lipinski definition) is 1. The normalized spacial score (nSPS) is 10.4. The average molecular weight is 368 g/mol. The maximum absolute atomic E-state index is 12.4. The Kier molecular flexibility index (Phi) is 5.43. The molecule has 1 N–H and O–H groups in total. The van der Waals surface area contributed by atoms with Gasteiger partial charge in [0.25, 0.3) is 5.91 Å². The largest absolute Gasteiger partial charge is 0.497 e. The van der Waals surface area contributed by atoms with E-state index in [1.54, 1.807) is 31.5 Å². The minimum absolute atomic E-state index is 0.213. The number of hydrogen-bond acceptors (Lipinski definition) is 4. The van der Waals surface area contributed by atoms with E-state index in [1.165, 1.54) is 7.11 Å². The van der Waals surface area contributed by atoms with Crippen LogP contribution in [0.3, 0.4) is 0 Å². The zero-order valence-corrected chi connectivity index (χ0v) is 14.3. The Labute approximate surface area is 137 Å². The van der Waals surface area contributed by atoms with Crippen molar-refractivity contribution in [3.63, 3.8) is 0 Å². The van der Waals surface area contributed by atoms with Crippen molar-refractivity contribution in [2.45, 2.75) is 20.0 Å². The Balaban J connectivity index is 2.14. The quantitative estimate of drug-likeness (QED) is 0.851. The van der Waals surface area contributed by atoms with Crippen molar-refractivity contribution in [2.24, 2.45) is 0 Å². The lowest BCUT2D eigenvalue weighted by Crippen LogP contribution is -2.25. The van der Waals surface area contributed by atoms with Crippen LogP contribution >= 0.6 is 15.9 Å². The monoisotopic (exact) mass is 367 g/mol. The molecule has 118 valence electrons. The molecule has 1 heterocycles. The number of aryl methyl sites for hydroxylation is 1. The van der Waals surface area contributed by atoms with Gasteiger partial charge < -0.3 is 14.8 Å². The number of carbonyl (C=O) groups excluding carboxylic acids is 1. The number of ether oxygens (including phenoxy) is 2. The first kappa shape index (κ1) is 16.4. The fourth-order valence-corrected chi connectivity index (χ4v) is 2.52. The fraction of sp³-hybridized carbons (Fsp3) is 0.333. The molecule has 0 radical (unpaired) electrons. The zero-order valence-electron chi connectivity index (χ0n) is 12.7. The van der Waals surface area contributed by atoms with Gasteiger partial charge in [0, 0.05) is 12.6 Å². The number of benzene rings is 1. The summed E-state index contributed by atoms with van der Waals surface area (Å²) in [6.07, 6.45) is 1.72. The minimum atomic E-state index is -0.213. The number of amides is 1. The molecule has 0 aliphatic carbocycles. The lowest BCUT2D eigenvalue weighted by Gasteiger charge is -2.11. The summed E-state index contributed by atoms with van der Waals surface area (Å²) in [5.74, 6) is 0.898. The number of carbonyl (C=O) groups is 1. The van der Waals surface area contributed by atoms with Gasteiger partial charge in [-0.3, -0.25) is 9.48 Å². The predicted octanol–water partition coefficient (Wildman–Crippen LogP) is 2.61. The Hall–Kier alpha value is -2.02. The summed E-state index contributed by atoms with van der Waals surface area (Å²) in [7, 11) is 3.09. The van der Waals surface area contributed by atoms with Crippen LogP contribution in [0.1, 0.15) is 23.0 Å². The fourth-order valence-electron chi connectivity index (χ4n) is 2.08. The van der Waals surface area contributed by atoms with Crippen molar-refractivity contribution in [2.75, 3.05) is 14.2 Å². The maximum atomic E-state index is 12.4. The highest BCUT2D eigenvalue weighted by molar-refractivity contribution is 9.10. The summed E-state index contributed by atoms with van der Waals surface area (Å²) < 4.78 is 13.1. The summed E-state index contributed by atoms with van der Waals surface area (Å²) in [5.41, 5.74) is 1.38. The van der Waals surface area contributed by atoms with E-state index in [0.29, 0.717) is 23.6 Å². The first-order valence-electron chi connectivity index (χ1n) is 6.81. The molecule has 0 aliphatic heterocycles. The number of halogens is 1. The van der Waals surface area contributed by atoms with Crippen molar-refractivity contribution in [3.8, 4) is 11.5 Å². The standard InChI is InChI=1S/C15H18BrN3O3/c1-4-19-13(12(16)8-18-19)9-17-15(20)11-6-5-10(21-2)7-14(11)22-3/h5-8H,4,9H2,1-3H3,(H,17,20). The van der Waals surface area contributed by atoms with Gasteiger partial charge in [0.1, 0.15) is 11.5 Å². The summed E-state index contributed by atoms with van der Waals surface area (Å²) >= 11 is 3.44. The highest BCUT2D eigenvalue weighted by Gasteiger charge is 2.15. The predicted molar refractivity (Wildman–Crippen MR) is 86.3 cm³/mol. The van der Waals surface area contributed by atoms with Crippen LogP contribution < -0.4 is 14.8 Å². The molecule has 0 bridgehead atoms. The van der Waals surface area contributed by atoms with Crippen LogP contribution in [0.5, 0.6) is 11.5 Å². The molecule has 0 saturated heterocycles. The Morgan fingerprint density at radius 2 is 2.14 bits per heavy atom. The van der Waals surface area contributed by atoms with E-state index in [4.69, 9.17) is 9.47 Å². The molecule has 22 heavy (non-hydrogen) atoms. The van der Waals surface area contributed by atoms with E-state index in [1.807, 2.05) is 11.6 Å². The second-order valence-corrected chi connectivity index (χ2v) is 5.36. The highest BCUT2D eigenvalue weighted by atomic mass is 79.9. The highest BCUT2D eigenvalue weighted by Crippen LogP contribution is 2.24. The summed E-state index contributed by atoms with van der Waals surface area (Å²) in [4.78, 5) is 12.4. The number of aromatic nitrogens is 2. The Morgan fingerprint density at radius 1 is 1.36 bits per heavy atom. The third-order valence-corrected chi connectivity index (χ3v) is 3.93. The van der Waals surface area contributed by atoms with Crippen molar-refractivity contribution in [1.82, 2.24) is 15.1 Å². The number of nitrogens with one attached hydrogen (secondary N) is 1. The molecule has 0 aliphatic rings. The van der Waals surface area contributed by atoms with Crippen LogP contribution in [0.2, 0.25) is 0 Å². The molecule has 0 spiro atoms. The van der Waals surface area contributed by atoms with Gasteiger partial charge >= 0.3 is 0 Å². The maximum Gasteiger partial charge on any atom is 0.255 e. The topological polar surface area (TPSA) is 65.4 Å². The van der Waals surface area contributed by atoms with Crippen LogP contribution in [0.4, 0.5) is 0 Å². The molecule has 1 amide bonds. The van der Waals surface area contributed by atoms with Crippen molar-refractivity contribution < 1.29 is 14.3 Å². The Bertz CT molecular complexity index is 670. The molecule has 7 heteroatoms. The number of rotatable bonds is 6. The first-order chi connectivity index (χ1) is 10.6. The van der Waals surface area contributed by atoms with Gasteiger partial charge in [-0.15, -0.1) is 0 Å². The number of methoxy groups -OCH3 is 2. The molecular formula is C15H18BrN3O3. The van der Waals surface area contributed by atoms with Crippen molar-refractivity contribution in [3.05, 3.63) is 40.1 Å². The van der Waals surface area contributed by atoms with Crippen LogP contribution in [0.25, 0.3) is 0 Å². The van der Waals surface area contributed by atoms with E-state index in [2.05, 4.69) is 26.3 Å². The molecule has 0 unspecified atom stereocenters. The van der Waals surface area contributed by atoms with Gasteiger partial charge in [0.2, 0.25) is 0 Å². The molecule has 2 aromatic rings. The summed E-state index contributed by atoms with van der Waals surface area (Å²) in [6.45, 7) is 3.11. The van der Waals surface area contributed by atoms with Gasteiger partial charge in [-0.25, -0.2) is 0 Å². The summed E-state index contributed by atoms with van der Waals surface area (Å²) in [6, 6.07) is 5.09. The van der Waals surface area contributed by atoms with E-state index in [0.717, 1.165) is 16.7 Å². The van der Waals surface area contributed by atoms with Crippen LogP contribution in [0.15, 0.2) is 28.9 Å². The van der Waals surface area contributed by atoms with Gasteiger partial charge in [-0.2, -0.15) is 5.10 Å². The minimum Gasteiger partial charge on any atom is -0.497 e. The second kappa shape index (κ2) is 7.31. The van der Waals surface area contributed by atoms with Crippen LogP contribution in [0, 0.1) is 0 Å². The van der Waals surface area contributed by atoms with Gasteiger partial charge in [-0.1, -0.05) is 0 Å². The molecule has 0 fully saturated rings. The number of nitrogens with zero attached hydrogens (tertiary/aromatic N) is 2. The van der Waals surface area contributed by atoms with Gasteiger partial charge in [0.05, 0.1) is 42.7 Å². The SMILES string of the molecule is CCn1ncc(Br)c1CNC(=O)c1ccc(OC)cc1OC. The van der Waals surface area contributed by atoms with Crippen LogP contribution in [-0.4, -0.2) is 29.9 Å². The van der Waals surface area contributed by atoms with Crippen molar-refractivity contribution >= 4 is 21.8 Å². The van der Waals surface area contributed by atoms with Crippen LogP contribution in [-0.2, 0) is 13.1 Å². The third-order valence-electron chi connectivity index (χ3n) is 3.27. The van der Waals surface area contributed by atoms with E-state index in [9.17, 15) is 4.79 Å². The van der Waals surface area contributed by atoms with Gasteiger partial charge in [0.15, 0.2) is 0 Å². The van der Waals surface area contributed by atoms with E-state index < -0.39 is 0 Å². The van der Waals surface area contributed by atoms with E-state index >= 15 is 0 Å². The molecule has 2 rings (SSSR count). The Morgan fingerprint density at radius 3 is 2.77 bits per heavy atom. The third kappa shape index (κ3) is 3.41. The molecule has 1 aromatic heterocycles.